The van der Waals surface area contributed by atoms with E-state index < -0.39 is 0 Å². The van der Waals surface area contributed by atoms with E-state index in [1.807, 2.05) is 6.92 Å². The molecule has 1 aromatic heterocycles. The third-order valence-electron chi connectivity index (χ3n) is 3.57. The van der Waals surface area contributed by atoms with Crippen LogP contribution in [0.2, 0.25) is 0 Å². The average molecular weight is 252 g/mol. The molecule has 0 spiro atoms. The summed E-state index contributed by atoms with van der Waals surface area (Å²) in [5.41, 5.74) is 6.79. The summed E-state index contributed by atoms with van der Waals surface area (Å²) in [6, 6.07) is 2.10. The van der Waals surface area contributed by atoms with E-state index in [1.165, 1.54) is 12.8 Å². The summed E-state index contributed by atoms with van der Waals surface area (Å²) in [5.74, 6) is 1.91. The van der Waals surface area contributed by atoms with Gasteiger partial charge in [-0.25, -0.2) is 0 Å². The molecule has 0 bridgehead atoms. The normalized spacial score (nSPS) is 19.9. The molecule has 2 N–H and O–H groups in total. The van der Waals surface area contributed by atoms with E-state index in [9.17, 15) is 0 Å². The highest BCUT2D eigenvalue weighted by Gasteiger charge is 2.19. The van der Waals surface area contributed by atoms with Crippen molar-refractivity contribution in [1.29, 1.82) is 0 Å². The lowest BCUT2D eigenvalue weighted by molar-refractivity contribution is 0.0702. The third kappa shape index (κ3) is 3.34. The average Bonchev–Trinajstić information content (AvgIpc) is 2.98. The minimum absolute atomic E-state index is 0.398. The number of likely N-dealkylation sites (N-methyl/N-ethyl adjacent to an activating group) is 1. The fraction of sp³-hybridized carbons (Fsp3) is 0.714. The van der Waals surface area contributed by atoms with Gasteiger partial charge in [0, 0.05) is 13.2 Å². The van der Waals surface area contributed by atoms with Gasteiger partial charge in [0.1, 0.15) is 11.5 Å². The molecule has 1 fully saturated rings. The lowest BCUT2D eigenvalue weighted by Gasteiger charge is -2.22. The molecular formula is C14H24N2O2. The van der Waals surface area contributed by atoms with Crippen molar-refractivity contribution in [2.24, 2.45) is 5.73 Å². The SMILES string of the molecule is CCN(Cc1cc(C)c(CN)o1)CC1CCCO1. The van der Waals surface area contributed by atoms with Gasteiger partial charge in [-0.15, -0.1) is 0 Å². The van der Waals surface area contributed by atoms with E-state index in [1.54, 1.807) is 0 Å². The van der Waals surface area contributed by atoms with Gasteiger partial charge >= 0.3 is 0 Å². The van der Waals surface area contributed by atoms with Gasteiger partial charge < -0.3 is 14.9 Å². The van der Waals surface area contributed by atoms with Crippen molar-refractivity contribution in [3.05, 3.63) is 23.2 Å². The van der Waals surface area contributed by atoms with Gasteiger partial charge in [-0.05, 0) is 37.9 Å². The van der Waals surface area contributed by atoms with E-state index in [4.69, 9.17) is 14.9 Å². The van der Waals surface area contributed by atoms with Crippen LogP contribution in [0.3, 0.4) is 0 Å². The van der Waals surface area contributed by atoms with Gasteiger partial charge in [0.2, 0.25) is 0 Å². The zero-order chi connectivity index (χ0) is 13.0. The quantitative estimate of drug-likeness (QED) is 0.842. The van der Waals surface area contributed by atoms with Gasteiger partial charge in [-0.3, -0.25) is 4.90 Å². The molecule has 1 aromatic rings. The summed E-state index contributed by atoms with van der Waals surface area (Å²) in [6.45, 7) is 8.46. The van der Waals surface area contributed by atoms with Crippen LogP contribution in [0.15, 0.2) is 10.5 Å². The number of nitrogens with two attached hydrogens (primary N) is 1. The smallest absolute Gasteiger partial charge is 0.120 e. The lowest BCUT2D eigenvalue weighted by atomic mass is 10.2. The van der Waals surface area contributed by atoms with Gasteiger partial charge in [0.25, 0.3) is 0 Å². The Labute approximate surface area is 109 Å². The number of hydrogen-bond acceptors (Lipinski definition) is 4. The van der Waals surface area contributed by atoms with Crippen LogP contribution in [0, 0.1) is 6.92 Å². The van der Waals surface area contributed by atoms with Crippen LogP contribution in [0.25, 0.3) is 0 Å². The Bertz CT molecular complexity index is 370. The molecule has 1 saturated heterocycles. The number of aryl methyl sites for hydroxylation is 1. The van der Waals surface area contributed by atoms with Crippen LogP contribution in [0.1, 0.15) is 36.8 Å². The molecule has 2 rings (SSSR count). The van der Waals surface area contributed by atoms with Crippen molar-refractivity contribution in [2.45, 2.75) is 45.9 Å². The zero-order valence-corrected chi connectivity index (χ0v) is 11.4. The van der Waals surface area contributed by atoms with Crippen LogP contribution in [0.4, 0.5) is 0 Å². The van der Waals surface area contributed by atoms with Crippen molar-refractivity contribution in [3.63, 3.8) is 0 Å². The Morgan fingerprint density at radius 1 is 1.50 bits per heavy atom. The molecular weight excluding hydrogens is 228 g/mol. The molecule has 1 atom stereocenters. The molecule has 0 amide bonds. The number of rotatable bonds is 6. The molecule has 4 nitrogen and oxygen atoms in total. The number of hydrogen-bond donors (Lipinski definition) is 1. The molecule has 2 heterocycles. The summed E-state index contributed by atoms with van der Waals surface area (Å²) in [5, 5.41) is 0. The Balaban J connectivity index is 1.91. The predicted molar refractivity (Wildman–Crippen MR) is 71.3 cm³/mol. The summed E-state index contributed by atoms with van der Waals surface area (Å²) in [7, 11) is 0. The van der Waals surface area contributed by atoms with Crippen LogP contribution in [0.5, 0.6) is 0 Å². The van der Waals surface area contributed by atoms with Gasteiger partial charge in [-0.1, -0.05) is 6.92 Å². The highest BCUT2D eigenvalue weighted by Crippen LogP contribution is 2.18. The monoisotopic (exact) mass is 252 g/mol. The summed E-state index contributed by atoms with van der Waals surface area (Å²) in [6.07, 6.45) is 2.77. The van der Waals surface area contributed by atoms with Crippen LogP contribution < -0.4 is 5.73 Å². The second kappa shape index (κ2) is 6.36. The van der Waals surface area contributed by atoms with Gasteiger partial charge in [0.15, 0.2) is 0 Å². The second-order valence-electron chi connectivity index (χ2n) is 4.99. The maximum atomic E-state index is 5.75. The molecule has 1 unspecified atom stereocenters. The van der Waals surface area contributed by atoms with Crippen molar-refractivity contribution in [1.82, 2.24) is 4.90 Å². The Kier molecular flexibility index (Phi) is 4.80. The summed E-state index contributed by atoms with van der Waals surface area (Å²) >= 11 is 0. The van der Waals surface area contributed by atoms with Crippen LogP contribution in [-0.4, -0.2) is 30.7 Å². The molecule has 0 aromatic carbocycles. The van der Waals surface area contributed by atoms with Gasteiger partial charge in [-0.2, -0.15) is 0 Å². The lowest BCUT2D eigenvalue weighted by Crippen LogP contribution is -2.31. The standard InChI is InChI=1S/C14H24N2O2/c1-3-16(9-12-5-4-6-17-12)10-13-7-11(2)14(8-15)18-13/h7,12H,3-6,8-10,15H2,1-2H3. The minimum Gasteiger partial charge on any atom is -0.463 e. The zero-order valence-electron chi connectivity index (χ0n) is 11.4. The maximum Gasteiger partial charge on any atom is 0.120 e. The molecule has 0 saturated carbocycles. The van der Waals surface area contributed by atoms with E-state index in [0.29, 0.717) is 12.6 Å². The molecule has 102 valence electrons. The van der Waals surface area contributed by atoms with Crippen LogP contribution >= 0.6 is 0 Å². The Morgan fingerprint density at radius 2 is 2.33 bits per heavy atom. The van der Waals surface area contributed by atoms with Gasteiger partial charge in [0.05, 0.1) is 19.2 Å². The first-order chi connectivity index (χ1) is 8.72. The van der Waals surface area contributed by atoms with E-state index >= 15 is 0 Å². The first kappa shape index (κ1) is 13.6. The van der Waals surface area contributed by atoms with Crippen molar-refractivity contribution in [2.75, 3.05) is 19.7 Å². The molecule has 1 aliphatic heterocycles. The fourth-order valence-electron chi connectivity index (χ4n) is 2.47. The number of furan rings is 1. The summed E-state index contributed by atoms with van der Waals surface area (Å²) in [4.78, 5) is 2.37. The number of nitrogens with zero attached hydrogens (tertiary/aromatic N) is 1. The van der Waals surface area contributed by atoms with E-state index in [2.05, 4.69) is 17.9 Å². The molecule has 0 radical (unpaired) electrons. The molecule has 18 heavy (non-hydrogen) atoms. The fourth-order valence-corrected chi connectivity index (χ4v) is 2.47. The number of ether oxygens (including phenoxy) is 1. The summed E-state index contributed by atoms with van der Waals surface area (Å²) < 4.78 is 11.4. The molecule has 1 aliphatic rings. The highest BCUT2D eigenvalue weighted by molar-refractivity contribution is 5.19. The minimum atomic E-state index is 0.398. The van der Waals surface area contributed by atoms with Crippen molar-refractivity contribution < 1.29 is 9.15 Å². The topological polar surface area (TPSA) is 51.6 Å². The molecule has 4 heteroatoms. The van der Waals surface area contributed by atoms with Crippen molar-refractivity contribution >= 4 is 0 Å². The van der Waals surface area contributed by atoms with Crippen LogP contribution in [-0.2, 0) is 17.8 Å². The first-order valence-electron chi connectivity index (χ1n) is 6.85. The van der Waals surface area contributed by atoms with Crippen molar-refractivity contribution in [3.8, 4) is 0 Å². The first-order valence-corrected chi connectivity index (χ1v) is 6.85. The second-order valence-corrected chi connectivity index (χ2v) is 4.99. The Hall–Kier alpha value is -0.840. The Morgan fingerprint density at radius 3 is 2.89 bits per heavy atom. The third-order valence-corrected chi connectivity index (χ3v) is 3.57. The maximum absolute atomic E-state index is 5.75. The predicted octanol–water partition coefficient (Wildman–Crippen LogP) is 2.05. The van der Waals surface area contributed by atoms with E-state index in [0.717, 1.165) is 43.3 Å². The highest BCUT2D eigenvalue weighted by atomic mass is 16.5. The molecule has 0 aliphatic carbocycles. The largest absolute Gasteiger partial charge is 0.463 e. The van der Waals surface area contributed by atoms with E-state index in [-0.39, 0.29) is 0 Å².